The van der Waals surface area contributed by atoms with Gasteiger partial charge in [-0.2, -0.15) is 0 Å². The van der Waals surface area contributed by atoms with Gasteiger partial charge in [-0.3, -0.25) is 4.57 Å². The summed E-state index contributed by atoms with van der Waals surface area (Å²) in [7, 11) is 1.43. The summed E-state index contributed by atoms with van der Waals surface area (Å²) in [6.07, 6.45) is 5.80. The van der Waals surface area contributed by atoms with Crippen LogP contribution in [0.1, 0.15) is 0 Å². The number of hydrogen-bond donors (Lipinski definition) is 0. The zero-order valence-electron chi connectivity index (χ0n) is 9.41. The Balaban J connectivity index is 2.20. The van der Waals surface area contributed by atoms with E-state index >= 15 is 0 Å². The van der Waals surface area contributed by atoms with Crippen LogP contribution < -0.4 is 4.74 Å². The van der Waals surface area contributed by atoms with Gasteiger partial charge in [-0.25, -0.2) is 24.3 Å². The molecule has 0 radical (unpaired) electrons. The molecule has 0 N–H and O–H groups in total. The van der Waals surface area contributed by atoms with Crippen molar-refractivity contribution in [2.24, 2.45) is 0 Å². The van der Waals surface area contributed by atoms with Crippen LogP contribution >= 0.6 is 0 Å². The lowest BCUT2D eigenvalue weighted by molar-refractivity contribution is 0.394. The number of halogens is 1. The van der Waals surface area contributed by atoms with Crippen molar-refractivity contribution in [3.63, 3.8) is 0 Å². The molecule has 0 saturated heterocycles. The van der Waals surface area contributed by atoms with E-state index in [9.17, 15) is 4.39 Å². The quantitative estimate of drug-likeness (QED) is 0.682. The second kappa shape index (κ2) is 4.02. The number of ether oxygens (including phenoxy) is 1. The van der Waals surface area contributed by atoms with Gasteiger partial charge < -0.3 is 4.74 Å². The molecule has 18 heavy (non-hydrogen) atoms. The highest BCUT2D eigenvalue weighted by Gasteiger charge is 2.11. The highest BCUT2D eigenvalue weighted by Crippen LogP contribution is 2.19. The highest BCUT2D eigenvalue weighted by atomic mass is 19.1. The summed E-state index contributed by atoms with van der Waals surface area (Å²) in [5, 5.41) is 0. The van der Waals surface area contributed by atoms with Crippen molar-refractivity contribution in [2.75, 3.05) is 7.11 Å². The maximum atomic E-state index is 13.9. The lowest BCUT2D eigenvalue weighted by Gasteiger charge is -2.05. The Hall–Kier alpha value is -2.57. The Labute approximate surface area is 101 Å². The molecule has 3 aromatic heterocycles. The summed E-state index contributed by atoms with van der Waals surface area (Å²) in [6.45, 7) is 0. The van der Waals surface area contributed by atoms with E-state index in [1.165, 1.54) is 36.6 Å². The third kappa shape index (κ3) is 1.56. The second-order valence-corrected chi connectivity index (χ2v) is 3.52. The molecule has 0 unspecified atom stereocenters. The summed E-state index contributed by atoms with van der Waals surface area (Å²) in [5.74, 6) is -0.241. The van der Waals surface area contributed by atoms with Crippen molar-refractivity contribution in [3.05, 3.63) is 36.9 Å². The SMILES string of the molecule is COc1cc(F)c(-n2cnc3cncnc32)cn1. The maximum Gasteiger partial charge on any atom is 0.216 e. The molecule has 0 aliphatic heterocycles. The molecule has 3 heterocycles. The van der Waals surface area contributed by atoms with Crippen LogP contribution in [-0.2, 0) is 0 Å². The van der Waals surface area contributed by atoms with Crippen molar-refractivity contribution in [3.8, 4) is 11.6 Å². The van der Waals surface area contributed by atoms with Crippen LogP contribution in [0, 0.1) is 5.82 Å². The zero-order valence-corrected chi connectivity index (χ0v) is 9.41. The van der Waals surface area contributed by atoms with E-state index < -0.39 is 5.82 Å². The molecule has 3 aromatic rings. The molecule has 0 saturated carbocycles. The molecule has 0 fully saturated rings. The molecule has 0 aromatic carbocycles. The number of methoxy groups -OCH3 is 1. The van der Waals surface area contributed by atoms with Crippen molar-refractivity contribution < 1.29 is 9.13 Å². The van der Waals surface area contributed by atoms with Crippen LogP contribution in [-0.4, -0.2) is 31.6 Å². The van der Waals surface area contributed by atoms with E-state index in [1.807, 2.05) is 0 Å². The average Bonchev–Trinajstić information content (AvgIpc) is 2.82. The Morgan fingerprint density at radius 3 is 2.89 bits per heavy atom. The monoisotopic (exact) mass is 245 g/mol. The Bertz CT molecular complexity index is 711. The number of imidazole rings is 1. The van der Waals surface area contributed by atoms with Gasteiger partial charge in [-0.15, -0.1) is 0 Å². The van der Waals surface area contributed by atoms with E-state index in [2.05, 4.69) is 19.9 Å². The third-order valence-corrected chi connectivity index (χ3v) is 2.49. The standard InChI is InChI=1S/C11H8FN5O/c1-18-10-2-7(12)9(4-14-10)17-6-16-8-3-13-5-15-11(8)17/h2-6H,1H3. The van der Waals surface area contributed by atoms with Crippen LogP contribution in [0.5, 0.6) is 5.88 Å². The normalized spacial score (nSPS) is 10.8. The number of nitrogens with zero attached hydrogens (tertiary/aromatic N) is 5. The Morgan fingerprint density at radius 1 is 1.22 bits per heavy atom. The smallest absolute Gasteiger partial charge is 0.216 e. The molecule has 3 rings (SSSR count). The molecule has 6 nitrogen and oxygen atoms in total. The van der Waals surface area contributed by atoms with Crippen LogP contribution in [0.25, 0.3) is 16.9 Å². The third-order valence-electron chi connectivity index (χ3n) is 2.49. The molecule has 0 atom stereocenters. The summed E-state index contributed by atoms with van der Waals surface area (Å²) in [6, 6.07) is 1.21. The van der Waals surface area contributed by atoms with Gasteiger partial charge in [-0.05, 0) is 0 Å². The van der Waals surface area contributed by atoms with E-state index in [1.54, 1.807) is 6.20 Å². The predicted molar refractivity (Wildman–Crippen MR) is 61.0 cm³/mol. The van der Waals surface area contributed by atoms with Gasteiger partial charge in [0.25, 0.3) is 0 Å². The van der Waals surface area contributed by atoms with Gasteiger partial charge in [0.1, 0.15) is 23.9 Å². The molecule has 0 aliphatic carbocycles. The molecule has 0 aliphatic rings. The molecule has 0 spiro atoms. The highest BCUT2D eigenvalue weighted by molar-refractivity contribution is 5.71. The summed E-state index contributed by atoms with van der Waals surface area (Å²) < 4.78 is 20.3. The van der Waals surface area contributed by atoms with Gasteiger partial charge in [-0.1, -0.05) is 0 Å². The topological polar surface area (TPSA) is 65.7 Å². The van der Waals surface area contributed by atoms with Gasteiger partial charge in [0, 0.05) is 6.07 Å². The van der Waals surface area contributed by atoms with Crippen molar-refractivity contribution >= 4 is 11.2 Å². The fraction of sp³-hybridized carbons (Fsp3) is 0.0909. The Morgan fingerprint density at radius 2 is 2.11 bits per heavy atom. The molecule has 0 amide bonds. The summed E-state index contributed by atoms with van der Waals surface area (Å²) >= 11 is 0. The number of rotatable bonds is 2. The first-order chi connectivity index (χ1) is 8.79. The van der Waals surface area contributed by atoms with Gasteiger partial charge in [0.05, 0.1) is 19.5 Å². The Kier molecular flexibility index (Phi) is 2.36. The molecule has 90 valence electrons. The van der Waals surface area contributed by atoms with Crippen LogP contribution in [0.3, 0.4) is 0 Å². The molecular weight excluding hydrogens is 237 g/mol. The predicted octanol–water partition coefficient (Wildman–Crippen LogP) is 1.36. The number of fused-ring (bicyclic) bond motifs is 1. The largest absolute Gasteiger partial charge is 0.481 e. The average molecular weight is 245 g/mol. The van der Waals surface area contributed by atoms with Gasteiger partial charge >= 0.3 is 0 Å². The molecule has 0 bridgehead atoms. The van der Waals surface area contributed by atoms with Crippen molar-refractivity contribution in [2.45, 2.75) is 0 Å². The van der Waals surface area contributed by atoms with E-state index in [-0.39, 0.29) is 11.6 Å². The minimum Gasteiger partial charge on any atom is -0.481 e. The zero-order chi connectivity index (χ0) is 12.5. The van der Waals surface area contributed by atoms with E-state index in [4.69, 9.17) is 4.74 Å². The van der Waals surface area contributed by atoms with Crippen molar-refractivity contribution in [1.82, 2.24) is 24.5 Å². The lowest BCUT2D eigenvalue weighted by atomic mass is 10.4. The lowest BCUT2D eigenvalue weighted by Crippen LogP contribution is -2.00. The molecular formula is C11H8FN5O. The number of aromatic nitrogens is 5. The van der Waals surface area contributed by atoms with E-state index in [0.29, 0.717) is 11.2 Å². The minimum absolute atomic E-state index is 0.218. The molecule has 7 heteroatoms. The fourth-order valence-corrected chi connectivity index (χ4v) is 1.64. The second-order valence-electron chi connectivity index (χ2n) is 3.52. The summed E-state index contributed by atoms with van der Waals surface area (Å²) in [5.41, 5.74) is 1.38. The van der Waals surface area contributed by atoms with E-state index in [0.717, 1.165) is 0 Å². The minimum atomic E-state index is -0.459. The van der Waals surface area contributed by atoms with Crippen molar-refractivity contribution in [1.29, 1.82) is 0 Å². The van der Waals surface area contributed by atoms with Crippen LogP contribution in [0.4, 0.5) is 4.39 Å². The summed E-state index contributed by atoms with van der Waals surface area (Å²) in [4.78, 5) is 16.0. The van der Waals surface area contributed by atoms with Gasteiger partial charge in [0.2, 0.25) is 5.88 Å². The first kappa shape index (κ1) is 10.6. The maximum absolute atomic E-state index is 13.9. The number of pyridine rings is 1. The van der Waals surface area contributed by atoms with Crippen LogP contribution in [0.2, 0.25) is 0 Å². The fourth-order valence-electron chi connectivity index (χ4n) is 1.64. The van der Waals surface area contributed by atoms with Gasteiger partial charge in [0.15, 0.2) is 11.5 Å². The first-order valence-corrected chi connectivity index (χ1v) is 5.12. The first-order valence-electron chi connectivity index (χ1n) is 5.12. The van der Waals surface area contributed by atoms with Crippen LogP contribution in [0.15, 0.2) is 31.1 Å². The number of hydrogen-bond acceptors (Lipinski definition) is 5.